The first-order chi connectivity index (χ1) is 31.6. The molecule has 0 saturated heterocycles. The van der Waals surface area contributed by atoms with Gasteiger partial charge in [-0.3, -0.25) is 4.79 Å². The molecule has 0 fully saturated rings. The Hall–Kier alpha value is -0.790. The van der Waals surface area contributed by atoms with Gasteiger partial charge in [0.1, 0.15) is 0 Å². The first-order valence-electron chi connectivity index (χ1n) is 30.5. The van der Waals surface area contributed by atoms with Crippen LogP contribution in [0.4, 0.5) is 0 Å². The summed E-state index contributed by atoms with van der Waals surface area (Å²) in [6.07, 6.45) is 78.7. The summed E-state index contributed by atoms with van der Waals surface area (Å²) in [6.45, 7) is 6.90. The Bertz CT molecular complexity index is 847. The lowest BCUT2D eigenvalue weighted by Gasteiger charge is -2.30. The van der Waals surface area contributed by atoms with E-state index in [0.717, 1.165) is 38.5 Å². The van der Waals surface area contributed by atoms with Gasteiger partial charge in [-0.2, -0.15) is 0 Å². The molecule has 0 aliphatic carbocycles. The van der Waals surface area contributed by atoms with Crippen molar-refractivity contribution in [3.8, 4) is 0 Å². The van der Waals surface area contributed by atoms with Gasteiger partial charge >= 0.3 is 5.97 Å². The molecule has 0 rings (SSSR count). The van der Waals surface area contributed by atoms with Crippen LogP contribution in [0.3, 0.4) is 0 Å². The van der Waals surface area contributed by atoms with E-state index in [1.807, 2.05) is 0 Å². The fourth-order valence-corrected chi connectivity index (χ4v) is 10.5. The maximum atomic E-state index is 13.0. The van der Waals surface area contributed by atoms with Crippen LogP contribution in [0.5, 0.6) is 0 Å². The smallest absolute Gasteiger partial charge is 0.309 e. The molecule has 0 aliphatic heterocycles. The quantitative estimate of drug-likeness (QED) is 0.0488. The molecule has 0 amide bonds. The van der Waals surface area contributed by atoms with Crippen LogP contribution in [0.25, 0.3) is 0 Å². The van der Waals surface area contributed by atoms with E-state index in [1.165, 1.54) is 315 Å². The lowest BCUT2D eigenvalue weighted by Crippen LogP contribution is -2.31. The van der Waals surface area contributed by atoms with Crippen molar-refractivity contribution in [1.82, 2.24) is 0 Å². The Morgan fingerprint density at radius 3 is 0.594 bits per heavy atom. The first-order valence-corrected chi connectivity index (χ1v) is 30.5. The molecule has 0 heterocycles. The Kier molecular flexibility index (Phi) is 54.1. The number of allylic oxidation sites excluding steroid dienone is 2. The van der Waals surface area contributed by atoms with Gasteiger partial charge in [0.25, 0.3) is 0 Å². The molecule has 0 aliphatic rings. The summed E-state index contributed by atoms with van der Waals surface area (Å²) >= 11 is 0. The van der Waals surface area contributed by atoms with Gasteiger partial charge in [-0.1, -0.05) is 341 Å². The van der Waals surface area contributed by atoms with Gasteiger partial charge in [-0.05, 0) is 44.9 Å². The first kappa shape index (κ1) is 63.2. The summed E-state index contributed by atoms with van der Waals surface area (Å²) in [5.41, 5.74) is -0.487. The topological polar surface area (TPSA) is 37.3 Å². The van der Waals surface area contributed by atoms with Crippen molar-refractivity contribution >= 4 is 5.97 Å². The molecule has 0 bridgehead atoms. The maximum absolute atomic E-state index is 13.0. The highest BCUT2D eigenvalue weighted by Crippen LogP contribution is 2.38. The van der Waals surface area contributed by atoms with Crippen molar-refractivity contribution < 1.29 is 9.90 Å². The second-order valence-electron chi connectivity index (χ2n) is 21.5. The standard InChI is InChI=1S/C62H122O2/c1-4-7-10-13-16-19-22-25-28-30-32-34-36-38-41-44-47-50-53-56-59-62(61(63)64,58-55-52-49-46-43-40-27-24-21-18-15-12-9-6-3)60-57-54-51-48-45-42-39-37-35-33-31-29-26-23-20-17-14-11-8-5-2/h27,40H,4-26,28-39,41-60H2,1-3H3,(H,63,64)/b40-27-. The highest BCUT2D eigenvalue weighted by molar-refractivity contribution is 5.74. The average molecular weight is 900 g/mol. The summed E-state index contributed by atoms with van der Waals surface area (Å²) in [5.74, 6) is -0.485. The minimum atomic E-state index is -0.487. The normalized spacial score (nSPS) is 12.0. The van der Waals surface area contributed by atoms with E-state index in [0.29, 0.717) is 0 Å². The zero-order valence-corrected chi connectivity index (χ0v) is 44.9. The number of carbonyl (C=O) groups is 1. The molecule has 1 N–H and O–H groups in total. The number of unbranched alkanes of at least 4 members (excludes halogenated alkanes) is 48. The molecule has 382 valence electrons. The Balaban J connectivity index is 4.29. The van der Waals surface area contributed by atoms with Crippen LogP contribution in [0, 0.1) is 5.41 Å². The van der Waals surface area contributed by atoms with Crippen molar-refractivity contribution in [3.05, 3.63) is 12.2 Å². The molecule has 0 atom stereocenters. The third-order valence-corrected chi connectivity index (χ3v) is 15.1. The number of hydrogen-bond donors (Lipinski definition) is 1. The van der Waals surface area contributed by atoms with Gasteiger partial charge in [0, 0.05) is 0 Å². The van der Waals surface area contributed by atoms with Gasteiger partial charge < -0.3 is 5.11 Å². The molecule has 0 radical (unpaired) electrons. The zero-order chi connectivity index (χ0) is 46.4. The van der Waals surface area contributed by atoms with Crippen molar-refractivity contribution in [1.29, 1.82) is 0 Å². The van der Waals surface area contributed by atoms with Gasteiger partial charge in [0.2, 0.25) is 0 Å². The van der Waals surface area contributed by atoms with Gasteiger partial charge in [0.15, 0.2) is 0 Å². The van der Waals surface area contributed by atoms with Gasteiger partial charge in [0.05, 0.1) is 5.41 Å². The summed E-state index contributed by atoms with van der Waals surface area (Å²) in [5, 5.41) is 10.7. The Labute approximate surface area is 405 Å². The van der Waals surface area contributed by atoms with Gasteiger partial charge in [-0.15, -0.1) is 0 Å². The fraction of sp³-hybridized carbons (Fsp3) is 0.952. The van der Waals surface area contributed by atoms with Crippen LogP contribution < -0.4 is 0 Å². The van der Waals surface area contributed by atoms with E-state index in [9.17, 15) is 9.90 Å². The van der Waals surface area contributed by atoms with Crippen molar-refractivity contribution in [2.75, 3.05) is 0 Å². The average Bonchev–Trinajstić information content (AvgIpc) is 3.30. The molecule has 0 aromatic carbocycles. The largest absolute Gasteiger partial charge is 0.481 e. The van der Waals surface area contributed by atoms with Crippen LogP contribution in [-0.2, 0) is 4.79 Å². The summed E-state index contributed by atoms with van der Waals surface area (Å²) in [6, 6.07) is 0. The molecule has 0 aromatic heterocycles. The molecule has 0 saturated carbocycles. The van der Waals surface area contributed by atoms with Crippen molar-refractivity contribution in [2.45, 2.75) is 374 Å². The number of carboxylic acid groups (broad SMARTS) is 1. The molecule has 0 unspecified atom stereocenters. The number of rotatable bonds is 57. The molecule has 2 heteroatoms. The lowest BCUT2D eigenvalue weighted by atomic mass is 9.74. The minimum Gasteiger partial charge on any atom is -0.481 e. The fourth-order valence-electron chi connectivity index (χ4n) is 10.5. The van der Waals surface area contributed by atoms with E-state index in [2.05, 4.69) is 32.9 Å². The molecule has 64 heavy (non-hydrogen) atoms. The van der Waals surface area contributed by atoms with E-state index in [1.54, 1.807) is 0 Å². The SMILES string of the molecule is CCCCCCCC/C=C\CCCCCCC(CCCCCCCCCCCCCCCCCCCCCC)(CCCCCCCCCCCCCCCCCCCCCC)C(=O)O. The Morgan fingerprint density at radius 1 is 0.266 bits per heavy atom. The lowest BCUT2D eigenvalue weighted by molar-refractivity contribution is -0.150. The van der Waals surface area contributed by atoms with Crippen LogP contribution in [0.15, 0.2) is 12.2 Å². The molecule has 0 spiro atoms. The highest BCUT2D eigenvalue weighted by atomic mass is 16.4. The monoisotopic (exact) mass is 899 g/mol. The zero-order valence-electron chi connectivity index (χ0n) is 44.9. The summed E-state index contributed by atoms with van der Waals surface area (Å²) in [4.78, 5) is 13.0. The summed E-state index contributed by atoms with van der Waals surface area (Å²) < 4.78 is 0. The minimum absolute atomic E-state index is 0.485. The van der Waals surface area contributed by atoms with Gasteiger partial charge in [-0.25, -0.2) is 0 Å². The number of hydrogen-bond acceptors (Lipinski definition) is 1. The van der Waals surface area contributed by atoms with Crippen LogP contribution in [0.1, 0.15) is 374 Å². The summed E-state index contributed by atoms with van der Waals surface area (Å²) in [7, 11) is 0. The van der Waals surface area contributed by atoms with E-state index in [4.69, 9.17) is 0 Å². The highest BCUT2D eigenvalue weighted by Gasteiger charge is 2.36. The second kappa shape index (κ2) is 54.8. The maximum Gasteiger partial charge on any atom is 0.309 e. The molecule has 2 nitrogen and oxygen atoms in total. The molecular weight excluding hydrogens is 777 g/mol. The predicted molar refractivity (Wildman–Crippen MR) is 290 cm³/mol. The molecule has 0 aromatic rings. The van der Waals surface area contributed by atoms with Crippen LogP contribution >= 0.6 is 0 Å². The van der Waals surface area contributed by atoms with E-state index in [-0.39, 0.29) is 0 Å². The van der Waals surface area contributed by atoms with Crippen LogP contribution in [0.2, 0.25) is 0 Å². The van der Waals surface area contributed by atoms with E-state index < -0.39 is 11.4 Å². The van der Waals surface area contributed by atoms with Crippen LogP contribution in [-0.4, -0.2) is 11.1 Å². The third-order valence-electron chi connectivity index (χ3n) is 15.1. The second-order valence-corrected chi connectivity index (χ2v) is 21.5. The number of aliphatic carboxylic acids is 1. The van der Waals surface area contributed by atoms with E-state index >= 15 is 0 Å². The number of carboxylic acids is 1. The predicted octanol–water partition coefficient (Wildman–Crippen LogP) is 23.1. The van der Waals surface area contributed by atoms with Crippen molar-refractivity contribution in [2.24, 2.45) is 5.41 Å². The Morgan fingerprint density at radius 2 is 0.422 bits per heavy atom. The third kappa shape index (κ3) is 47.7. The van der Waals surface area contributed by atoms with Crippen molar-refractivity contribution in [3.63, 3.8) is 0 Å². The molecular formula is C62H122O2.